The molecule has 0 saturated heterocycles. The van der Waals surface area contributed by atoms with Gasteiger partial charge in [0.05, 0.1) is 16.5 Å². The molecule has 35 heavy (non-hydrogen) atoms. The summed E-state index contributed by atoms with van der Waals surface area (Å²) in [4.78, 5) is 28.9. The van der Waals surface area contributed by atoms with Crippen molar-refractivity contribution in [3.05, 3.63) is 105 Å². The van der Waals surface area contributed by atoms with Gasteiger partial charge < -0.3 is 10.2 Å². The fourth-order valence-corrected chi connectivity index (χ4v) is 4.13. The number of halogens is 2. The molecule has 0 fully saturated rings. The lowest BCUT2D eigenvalue weighted by Gasteiger charge is -2.32. The van der Waals surface area contributed by atoms with Crippen molar-refractivity contribution in [2.75, 3.05) is 0 Å². The van der Waals surface area contributed by atoms with E-state index in [1.54, 1.807) is 17.0 Å². The van der Waals surface area contributed by atoms with Crippen molar-refractivity contribution in [2.24, 2.45) is 0 Å². The van der Waals surface area contributed by atoms with E-state index in [9.17, 15) is 9.59 Å². The van der Waals surface area contributed by atoms with Gasteiger partial charge in [-0.05, 0) is 49.1 Å². The van der Waals surface area contributed by atoms with E-state index in [0.29, 0.717) is 16.5 Å². The molecule has 4 nitrogen and oxygen atoms in total. The molecule has 0 heterocycles. The summed E-state index contributed by atoms with van der Waals surface area (Å²) in [5, 5.41) is 3.95. The standard InChI is InChI=1S/C29H32Cl2N2O2/c1-4-21(3)32-29(35)27(17-22-8-6-5-7-9-22)33(19-24-14-15-25(30)26(31)16-24)28(34)18-23-12-10-20(2)11-13-23/h5-16,21,27H,4,17-19H2,1-3H3,(H,32,35)/t21-,27+/m0/s1. The van der Waals surface area contributed by atoms with Gasteiger partial charge in [-0.15, -0.1) is 0 Å². The van der Waals surface area contributed by atoms with Crippen LogP contribution in [-0.4, -0.2) is 28.8 Å². The number of hydrogen-bond donors (Lipinski definition) is 1. The van der Waals surface area contributed by atoms with Crippen LogP contribution in [0.3, 0.4) is 0 Å². The van der Waals surface area contributed by atoms with Crippen molar-refractivity contribution in [3.63, 3.8) is 0 Å². The van der Waals surface area contributed by atoms with Crippen LogP contribution in [-0.2, 0) is 29.0 Å². The monoisotopic (exact) mass is 510 g/mol. The van der Waals surface area contributed by atoms with Crippen LogP contribution in [0.5, 0.6) is 0 Å². The highest BCUT2D eigenvalue weighted by Gasteiger charge is 2.31. The van der Waals surface area contributed by atoms with Crippen molar-refractivity contribution >= 4 is 35.0 Å². The zero-order chi connectivity index (χ0) is 25.4. The molecule has 2 atom stereocenters. The molecule has 184 valence electrons. The fraction of sp³-hybridized carbons (Fsp3) is 0.310. The molecule has 3 rings (SSSR count). The second-order valence-electron chi connectivity index (χ2n) is 8.96. The highest BCUT2D eigenvalue weighted by atomic mass is 35.5. The lowest BCUT2D eigenvalue weighted by Crippen LogP contribution is -2.52. The molecule has 0 aliphatic heterocycles. The molecular weight excluding hydrogens is 479 g/mol. The van der Waals surface area contributed by atoms with E-state index in [2.05, 4.69) is 5.32 Å². The van der Waals surface area contributed by atoms with Crippen molar-refractivity contribution < 1.29 is 9.59 Å². The van der Waals surface area contributed by atoms with Gasteiger partial charge in [0, 0.05) is 19.0 Å². The SMILES string of the molecule is CC[C@H](C)NC(=O)[C@@H](Cc1ccccc1)N(Cc1ccc(Cl)c(Cl)c1)C(=O)Cc1ccc(C)cc1. The van der Waals surface area contributed by atoms with Crippen molar-refractivity contribution in [1.82, 2.24) is 10.2 Å². The van der Waals surface area contributed by atoms with E-state index in [0.717, 1.165) is 28.7 Å². The summed E-state index contributed by atoms with van der Waals surface area (Å²) in [6, 6.07) is 22.3. The van der Waals surface area contributed by atoms with Gasteiger partial charge in [-0.2, -0.15) is 0 Å². The van der Waals surface area contributed by atoms with E-state index in [4.69, 9.17) is 23.2 Å². The summed E-state index contributed by atoms with van der Waals surface area (Å²) < 4.78 is 0. The van der Waals surface area contributed by atoms with Crippen LogP contribution in [0.1, 0.15) is 42.5 Å². The van der Waals surface area contributed by atoms with Gasteiger partial charge >= 0.3 is 0 Å². The zero-order valence-corrected chi connectivity index (χ0v) is 21.9. The van der Waals surface area contributed by atoms with Crippen LogP contribution >= 0.6 is 23.2 Å². The van der Waals surface area contributed by atoms with Crippen LogP contribution in [0.25, 0.3) is 0 Å². The predicted molar refractivity (Wildman–Crippen MR) is 144 cm³/mol. The number of carbonyl (C=O) groups excluding carboxylic acids is 2. The number of amides is 2. The smallest absolute Gasteiger partial charge is 0.243 e. The number of carbonyl (C=O) groups is 2. The first kappa shape index (κ1) is 26.8. The Hall–Kier alpha value is -2.82. The number of nitrogens with one attached hydrogen (secondary N) is 1. The highest BCUT2D eigenvalue weighted by Crippen LogP contribution is 2.25. The Bertz CT molecular complexity index is 1130. The molecule has 0 unspecified atom stereocenters. The molecule has 0 saturated carbocycles. The third kappa shape index (κ3) is 7.84. The van der Waals surface area contributed by atoms with Gasteiger partial charge in [0.2, 0.25) is 11.8 Å². The van der Waals surface area contributed by atoms with E-state index in [1.165, 1.54) is 0 Å². The van der Waals surface area contributed by atoms with Gasteiger partial charge in [0.15, 0.2) is 0 Å². The molecule has 0 aromatic heterocycles. The maximum absolute atomic E-state index is 13.7. The first-order valence-electron chi connectivity index (χ1n) is 11.9. The number of hydrogen-bond acceptors (Lipinski definition) is 2. The quantitative estimate of drug-likeness (QED) is 0.343. The van der Waals surface area contributed by atoms with Crippen molar-refractivity contribution in [1.29, 1.82) is 0 Å². The normalized spacial score (nSPS) is 12.6. The minimum atomic E-state index is -0.682. The van der Waals surface area contributed by atoms with Gasteiger partial charge in [-0.1, -0.05) is 96.4 Å². The topological polar surface area (TPSA) is 49.4 Å². The molecule has 3 aromatic rings. The van der Waals surface area contributed by atoms with Crippen LogP contribution in [0.15, 0.2) is 72.8 Å². The first-order chi connectivity index (χ1) is 16.8. The van der Waals surface area contributed by atoms with E-state index >= 15 is 0 Å². The zero-order valence-electron chi connectivity index (χ0n) is 20.4. The lowest BCUT2D eigenvalue weighted by atomic mass is 10.0. The lowest BCUT2D eigenvalue weighted by molar-refractivity contribution is -0.141. The average molecular weight is 511 g/mol. The van der Waals surface area contributed by atoms with Gasteiger partial charge in [-0.25, -0.2) is 0 Å². The van der Waals surface area contributed by atoms with Gasteiger partial charge in [-0.3, -0.25) is 9.59 Å². The van der Waals surface area contributed by atoms with Crippen LogP contribution in [0.2, 0.25) is 10.0 Å². The Morgan fingerprint density at radius 2 is 1.54 bits per heavy atom. The Morgan fingerprint density at radius 1 is 0.886 bits per heavy atom. The van der Waals surface area contributed by atoms with Crippen LogP contribution < -0.4 is 5.32 Å². The Labute approximate surface area is 218 Å². The predicted octanol–water partition coefficient (Wildman–Crippen LogP) is 6.40. The average Bonchev–Trinajstić information content (AvgIpc) is 2.85. The van der Waals surface area contributed by atoms with Crippen LogP contribution in [0.4, 0.5) is 0 Å². The molecule has 3 aromatic carbocycles. The molecule has 0 aliphatic rings. The second kappa shape index (κ2) is 12.8. The molecule has 0 spiro atoms. The second-order valence-corrected chi connectivity index (χ2v) is 9.77. The van der Waals surface area contributed by atoms with Crippen molar-refractivity contribution in [2.45, 2.75) is 58.7 Å². The molecule has 0 radical (unpaired) electrons. The summed E-state index contributed by atoms with van der Waals surface area (Å²) >= 11 is 12.4. The van der Waals surface area contributed by atoms with E-state index in [1.807, 2.05) is 81.4 Å². The first-order valence-corrected chi connectivity index (χ1v) is 12.7. The number of nitrogens with zero attached hydrogens (tertiary/aromatic N) is 1. The summed E-state index contributed by atoms with van der Waals surface area (Å²) in [7, 11) is 0. The molecular formula is C29H32Cl2N2O2. The Kier molecular flexibility index (Phi) is 9.76. The largest absolute Gasteiger partial charge is 0.352 e. The minimum absolute atomic E-state index is 0.000185. The fourth-order valence-electron chi connectivity index (χ4n) is 3.81. The summed E-state index contributed by atoms with van der Waals surface area (Å²) in [6.45, 7) is 6.24. The molecule has 2 amide bonds. The van der Waals surface area contributed by atoms with E-state index in [-0.39, 0.29) is 30.8 Å². The van der Waals surface area contributed by atoms with Gasteiger partial charge in [0.25, 0.3) is 0 Å². The Morgan fingerprint density at radius 3 is 2.17 bits per heavy atom. The summed E-state index contributed by atoms with van der Waals surface area (Å²) in [5.74, 6) is -0.291. The molecule has 0 bridgehead atoms. The van der Waals surface area contributed by atoms with Crippen molar-refractivity contribution in [3.8, 4) is 0 Å². The summed E-state index contributed by atoms with van der Waals surface area (Å²) in [6.07, 6.45) is 1.40. The maximum atomic E-state index is 13.7. The number of rotatable bonds is 10. The number of benzene rings is 3. The number of aryl methyl sites for hydroxylation is 1. The van der Waals surface area contributed by atoms with Crippen LogP contribution in [0, 0.1) is 6.92 Å². The summed E-state index contributed by atoms with van der Waals surface area (Å²) in [5.41, 5.74) is 3.83. The third-order valence-corrected chi connectivity index (χ3v) is 6.82. The third-order valence-electron chi connectivity index (χ3n) is 6.09. The van der Waals surface area contributed by atoms with Gasteiger partial charge in [0.1, 0.15) is 6.04 Å². The van der Waals surface area contributed by atoms with E-state index < -0.39 is 6.04 Å². The molecule has 0 aliphatic carbocycles. The maximum Gasteiger partial charge on any atom is 0.243 e. The highest BCUT2D eigenvalue weighted by molar-refractivity contribution is 6.42. The minimum Gasteiger partial charge on any atom is -0.352 e. The Balaban J connectivity index is 1.98. The molecule has 1 N–H and O–H groups in total. The molecule has 6 heteroatoms.